The Kier molecular flexibility index (Phi) is 36.6. The molecule has 3 N–H and O–H groups in total. The van der Waals surface area contributed by atoms with Crippen LogP contribution >= 0.6 is 23.8 Å². The number of urea groups is 1. The normalized spacial score (nSPS) is 11.7. The number of nitrogens with one attached hydrogen (secondary N) is 1. The van der Waals surface area contributed by atoms with E-state index in [0.717, 1.165) is 38.5 Å². The van der Waals surface area contributed by atoms with Crippen LogP contribution in [0.4, 0.5) is 4.79 Å². The predicted molar refractivity (Wildman–Crippen MR) is 203 cm³/mol. The van der Waals surface area contributed by atoms with Crippen molar-refractivity contribution >= 4 is 35.7 Å². The van der Waals surface area contributed by atoms with Crippen LogP contribution in [0.15, 0.2) is 0 Å². The van der Waals surface area contributed by atoms with Crippen molar-refractivity contribution < 1.29 is 27.7 Å². The molecule has 0 fully saturated rings. The van der Waals surface area contributed by atoms with Crippen molar-refractivity contribution in [2.24, 2.45) is 5.73 Å². The molecule has 0 bridgehead atoms. The number of unbranched alkanes of at least 4 members (excludes halogenated alkanes) is 21. The summed E-state index contributed by atoms with van der Waals surface area (Å²) in [6.45, 7) is 11.9. The first-order chi connectivity index (χ1) is 22.6. The summed E-state index contributed by atoms with van der Waals surface area (Å²) >= 11 is 3.26. The highest BCUT2D eigenvalue weighted by Crippen LogP contribution is 2.50. The molecular formula is C37H76BrN2O6P. The van der Waals surface area contributed by atoms with Crippen molar-refractivity contribution in [1.82, 2.24) is 5.32 Å². The summed E-state index contributed by atoms with van der Waals surface area (Å²) in [6, 6.07) is -0.814. The number of carbonyl (C=O) groups excluding carboxylic acids is 2. The maximum absolute atomic E-state index is 13.2. The Morgan fingerprint density at radius 1 is 0.532 bits per heavy atom. The Bertz CT molecular complexity index is 693. The van der Waals surface area contributed by atoms with E-state index in [1.54, 1.807) is 0 Å². The first-order valence-corrected chi connectivity index (χ1v) is 21.7. The van der Waals surface area contributed by atoms with E-state index in [1.807, 2.05) is 19.2 Å². The molecule has 0 unspecified atom stereocenters. The molecular weight excluding hydrogens is 679 g/mol. The van der Waals surface area contributed by atoms with Crippen LogP contribution in [0.3, 0.4) is 0 Å². The molecule has 0 aromatic carbocycles. The van der Waals surface area contributed by atoms with Gasteiger partial charge in [0.15, 0.2) is 0 Å². The van der Waals surface area contributed by atoms with Crippen molar-refractivity contribution in [2.75, 3.05) is 19.8 Å². The van der Waals surface area contributed by atoms with Crippen molar-refractivity contribution in [3.8, 4) is 0 Å². The Balaban J connectivity index is 0. The van der Waals surface area contributed by atoms with Gasteiger partial charge in [-0.2, -0.15) is 0 Å². The van der Waals surface area contributed by atoms with Gasteiger partial charge >= 0.3 is 13.9 Å². The highest BCUT2D eigenvalue weighted by Gasteiger charge is 2.32. The topological polar surface area (TPSA) is 117 Å². The van der Waals surface area contributed by atoms with Crippen molar-refractivity contribution in [1.29, 1.82) is 0 Å². The minimum atomic E-state index is -3.43. The van der Waals surface area contributed by atoms with Gasteiger partial charge in [0.05, 0.1) is 19.8 Å². The van der Waals surface area contributed by atoms with E-state index in [2.05, 4.69) is 36.7 Å². The number of alkyl halides is 1. The number of hydrogen-bond donors (Lipinski definition) is 2. The quantitative estimate of drug-likeness (QED) is 0.0391. The van der Waals surface area contributed by atoms with Crippen molar-refractivity contribution in [3.63, 3.8) is 0 Å². The molecule has 0 saturated carbocycles. The monoisotopic (exact) mass is 754 g/mol. The lowest BCUT2D eigenvalue weighted by Gasteiger charge is -2.21. The second-order valence-electron chi connectivity index (χ2n) is 12.9. The third-order valence-electron chi connectivity index (χ3n) is 8.51. The zero-order valence-corrected chi connectivity index (χ0v) is 33.8. The summed E-state index contributed by atoms with van der Waals surface area (Å²) < 4.78 is 29.7. The number of imide groups is 1. The summed E-state index contributed by atoms with van der Waals surface area (Å²) in [7, 11) is -3.43. The van der Waals surface area contributed by atoms with Crippen molar-refractivity contribution in [3.05, 3.63) is 0 Å². The smallest absolute Gasteiger partial charge is 0.351 e. The van der Waals surface area contributed by atoms with Gasteiger partial charge in [0.1, 0.15) is 4.32 Å². The number of rotatable bonds is 33. The Morgan fingerprint density at radius 3 is 1.02 bits per heavy atom. The number of nitrogens with two attached hydrogens (primary N) is 1. The summed E-state index contributed by atoms with van der Waals surface area (Å²) in [5, 5.41) is 2.04. The van der Waals surface area contributed by atoms with Crippen molar-refractivity contribution in [2.45, 2.75) is 206 Å². The molecule has 0 saturated heterocycles. The van der Waals surface area contributed by atoms with E-state index >= 15 is 0 Å². The average molecular weight is 756 g/mol. The van der Waals surface area contributed by atoms with Gasteiger partial charge in [-0.1, -0.05) is 185 Å². The second kappa shape index (κ2) is 35.4. The average Bonchev–Trinajstić information content (AvgIpc) is 3.05. The molecule has 0 aromatic heterocycles. The fourth-order valence-corrected chi connectivity index (χ4v) is 6.52. The van der Waals surface area contributed by atoms with Crippen LogP contribution in [-0.4, -0.2) is 36.1 Å². The van der Waals surface area contributed by atoms with Crippen LogP contribution in [0, 0.1) is 0 Å². The zero-order chi connectivity index (χ0) is 35.5. The number of halogens is 1. The lowest BCUT2D eigenvalue weighted by molar-refractivity contribution is -0.122. The molecule has 47 heavy (non-hydrogen) atoms. The van der Waals surface area contributed by atoms with Crippen LogP contribution in [0.25, 0.3) is 0 Å². The molecule has 0 radical (unpaired) electrons. The first-order valence-electron chi connectivity index (χ1n) is 19.5. The maximum Gasteiger partial charge on any atom is 0.474 e. The summed E-state index contributed by atoms with van der Waals surface area (Å²) in [6.07, 6.45) is 30.9. The molecule has 282 valence electrons. The lowest BCUT2D eigenvalue weighted by Crippen LogP contribution is -2.46. The highest BCUT2D eigenvalue weighted by molar-refractivity contribution is 9.10. The molecule has 10 heteroatoms. The summed E-state index contributed by atoms with van der Waals surface area (Å²) in [4.78, 5) is 21.6. The largest absolute Gasteiger partial charge is 0.474 e. The molecule has 0 aliphatic heterocycles. The zero-order valence-electron chi connectivity index (χ0n) is 31.4. The first kappa shape index (κ1) is 48.6. The van der Waals surface area contributed by atoms with Crippen LogP contribution in [0.5, 0.6) is 0 Å². The van der Waals surface area contributed by atoms with Gasteiger partial charge in [0, 0.05) is 0 Å². The van der Waals surface area contributed by atoms with E-state index in [-0.39, 0.29) is 5.91 Å². The van der Waals surface area contributed by atoms with Crippen LogP contribution < -0.4 is 11.1 Å². The molecule has 0 heterocycles. The van der Waals surface area contributed by atoms with E-state index in [4.69, 9.17) is 19.3 Å². The molecule has 0 rings (SSSR count). The molecule has 0 spiro atoms. The van der Waals surface area contributed by atoms with E-state index < -0.39 is 18.2 Å². The number of phosphoric acid groups is 1. The van der Waals surface area contributed by atoms with Crippen LogP contribution in [-0.2, 0) is 22.9 Å². The SMILES string of the molecule is CCC(Br)(CC)C(=O)NC(N)=O.CCCCCCCCCCOP(=O)(OCCCCCCCCCC)OCCCCCCCCCC. The summed E-state index contributed by atoms with van der Waals surface area (Å²) in [5.41, 5.74) is 4.81. The van der Waals surface area contributed by atoms with Crippen LogP contribution in [0.1, 0.15) is 202 Å². The van der Waals surface area contributed by atoms with Gasteiger partial charge in [0.25, 0.3) is 0 Å². The second-order valence-corrected chi connectivity index (χ2v) is 16.0. The van der Waals surface area contributed by atoms with E-state index in [9.17, 15) is 14.2 Å². The predicted octanol–water partition coefficient (Wildman–Crippen LogP) is 12.7. The number of carbonyl (C=O) groups is 2. The standard InChI is InChI=1S/C30H63O4P.C7H13BrN2O2/c1-4-7-10-13-16-19-22-25-28-32-35(31,33-29-26-23-20-17-14-11-8-5-2)34-30-27-24-21-18-15-12-9-6-3;1-3-7(8,4-2)5(11)10-6(9)12/h4-30H2,1-3H3;3-4H2,1-2H3,(H3,9,10,11,12). The molecule has 8 nitrogen and oxygen atoms in total. The maximum atomic E-state index is 13.2. The van der Waals surface area contributed by atoms with E-state index in [1.165, 1.54) is 116 Å². The third kappa shape index (κ3) is 32.5. The van der Waals surface area contributed by atoms with Gasteiger partial charge < -0.3 is 5.73 Å². The van der Waals surface area contributed by atoms with E-state index in [0.29, 0.717) is 32.7 Å². The third-order valence-corrected chi connectivity index (χ3v) is 11.5. The molecule has 3 amide bonds. The minimum absolute atomic E-state index is 0.375. The fourth-order valence-electron chi connectivity index (χ4n) is 5.14. The number of hydrogen-bond acceptors (Lipinski definition) is 6. The van der Waals surface area contributed by atoms with Gasteiger partial charge in [-0.3, -0.25) is 23.7 Å². The minimum Gasteiger partial charge on any atom is -0.351 e. The highest BCUT2D eigenvalue weighted by atomic mass is 79.9. The van der Waals surface area contributed by atoms with Gasteiger partial charge in [-0.05, 0) is 32.1 Å². The Labute approximate surface area is 299 Å². The number of phosphoric ester groups is 1. The molecule has 0 atom stereocenters. The van der Waals surface area contributed by atoms with Gasteiger partial charge in [-0.15, -0.1) is 0 Å². The lowest BCUT2D eigenvalue weighted by atomic mass is 10.0. The number of amides is 3. The summed E-state index contributed by atoms with van der Waals surface area (Å²) in [5.74, 6) is -0.375. The molecule has 0 aliphatic rings. The Hall–Kier alpha value is -0.470. The van der Waals surface area contributed by atoms with Crippen LogP contribution in [0.2, 0.25) is 0 Å². The molecule has 0 aliphatic carbocycles. The van der Waals surface area contributed by atoms with Gasteiger partial charge in [-0.25, -0.2) is 9.36 Å². The fraction of sp³-hybridized carbons (Fsp3) is 0.946. The Morgan fingerprint density at radius 2 is 0.787 bits per heavy atom. The number of primary amides is 1. The van der Waals surface area contributed by atoms with Gasteiger partial charge in [0.2, 0.25) is 5.91 Å². The molecule has 0 aromatic rings.